The topological polar surface area (TPSA) is 32.3 Å². The zero-order chi connectivity index (χ0) is 12.1. The van der Waals surface area contributed by atoms with Crippen molar-refractivity contribution in [3.05, 3.63) is 35.9 Å². The molecule has 94 valence electrons. The smallest absolute Gasteiger partial charge is 0.113 e. The van der Waals surface area contributed by atoms with Crippen LogP contribution >= 0.6 is 0 Å². The largest absolute Gasteiger partial charge is 0.616 e. The summed E-state index contributed by atoms with van der Waals surface area (Å²) in [5.74, 6) is 1.44. The van der Waals surface area contributed by atoms with Crippen LogP contribution in [0.3, 0.4) is 0 Å². The van der Waals surface area contributed by atoms with E-state index in [1.54, 1.807) is 0 Å². The number of hydrogen-bond donors (Lipinski definition) is 0. The summed E-state index contributed by atoms with van der Waals surface area (Å²) in [7, 11) is 0. The van der Waals surface area contributed by atoms with Crippen LogP contribution in [0.1, 0.15) is 25.3 Å². The highest BCUT2D eigenvalue weighted by atomic mass is 32.2. The third kappa shape index (κ3) is 4.02. The van der Waals surface area contributed by atoms with Crippen LogP contribution in [0.5, 0.6) is 0 Å². The lowest BCUT2D eigenvalue weighted by Crippen LogP contribution is -2.32. The summed E-state index contributed by atoms with van der Waals surface area (Å²) in [6.07, 6.45) is 2.09. The Bertz CT molecular complexity index is 328. The van der Waals surface area contributed by atoms with Crippen molar-refractivity contribution in [2.75, 3.05) is 12.4 Å². The molecule has 0 aliphatic carbocycles. The van der Waals surface area contributed by atoms with E-state index < -0.39 is 11.2 Å². The Morgan fingerprint density at radius 3 is 2.82 bits per heavy atom. The number of benzene rings is 1. The van der Waals surface area contributed by atoms with Crippen molar-refractivity contribution in [2.24, 2.45) is 5.92 Å². The standard InChI is InChI=1S/C14H20O2S/c1-12-9-14(7-8-17(12)15)11-16-10-13-5-3-2-4-6-13/h2-6,12,14H,7-11H2,1H3. The molecular weight excluding hydrogens is 232 g/mol. The summed E-state index contributed by atoms with van der Waals surface area (Å²) in [6.45, 7) is 3.57. The van der Waals surface area contributed by atoms with Crippen molar-refractivity contribution in [1.82, 2.24) is 0 Å². The van der Waals surface area contributed by atoms with Gasteiger partial charge in [-0.1, -0.05) is 41.5 Å². The van der Waals surface area contributed by atoms with Gasteiger partial charge in [-0.3, -0.25) is 0 Å². The first kappa shape index (κ1) is 12.9. The van der Waals surface area contributed by atoms with E-state index >= 15 is 0 Å². The second kappa shape index (κ2) is 6.43. The number of ether oxygens (including phenoxy) is 1. The van der Waals surface area contributed by atoms with Crippen molar-refractivity contribution in [3.63, 3.8) is 0 Å². The van der Waals surface area contributed by atoms with Crippen molar-refractivity contribution in [2.45, 2.75) is 31.6 Å². The fourth-order valence-electron chi connectivity index (χ4n) is 2.25. The Hall–Kier alpha value is -0.510. The molecule has 1 saturated heterocycles. The van der Waals surface area contributed by atoms with Gasteiger partial charge in [0, 0.05) is 0 Å². The molecule has 2 rings (SSSR count). The van der Waals surface area contributed by atoms with Gasteiger partial charge in [-0.2, -0.15) is 0 Å². The van der Waals surface area contributed by atoms with E-state index in [4.69, 9.17) is 4.74 Å². The third-order valence-electron chi connectivity index (χ3n) is 3.31. The molecule has 0 N–H and O–H groups in total. The molecule has 1 aromatic carbocycles. The highest BCUT2D eigenvalue weighted by Crippen LogP contribution is 2.25. The normalized spacial score (nSPS) is 29.2. The average molecular weight is 252 g/mol. The molecule has 0 bridgehead atoms. The van der Waals surface area contributed by atoms with Gasteiger partial charge >= 0.3 is 0 Å². The van der Waals surface area contributed by atoms with Gasteiger partial charge in [0.05, 0.1) is 13.2 Å². The van der Waals surface area contributed by atoms with E-state index in [0.29, 0.717) is 17.8 Å². The minimum Gasteiger partial charge on any atom is -0.616 e. The van der Waals surface area contributed by atoms with Crippen LogP contribution in [0.15, 0.2) is 30.3 Å². The first-order valence-corrected chi connectivity index (χ1v) is 7.63. The van der Waals surface area contributed by atoms with Gasteiger partial charge in [0.25, 0.3) is 0 Å². The Labute approximate surface area is 107 Å². The van der Waals surface area contributed by atoms with Crippen molar-refractivity contribution in [3.8, 4) is 0 Å². The Morgan fingerprint density at radius 1 is 1.35 bits per heavy atom. The van der Waals surface area contributed by atoms with E-state index in [9.17, 15) is 4.55 Å². The molecule has 17 heavy (non-hydrogen) atoms. The summed E-state index contributed by atoms with van der Waals surface area (Å²) >= 11 is -0.603. The molecule has 0 radical (unpaired) electrons. The highest BCUT2D eigenvalue weighted by Gasteiger charge is 2.28. The molecule has 1 aliphatic rings. The second-order valence-electron chi connectivity index (χ2n) is 4.79. The maximum atomic E-state index is 11.5. The van der Waals surface area contributed by atoms with Gasteiger partial charge in [-0.05, 0) is 31.2 Å². The highest BCUT2D eigenvalue weighted by molar-refractivity contribution is 7.92. The first-order chi connectivity index (χ1) is 8.25. The lowest BCUT2D eigenvalue weighted by Gasteiger charge is -2.29. The lowest BCUT2D eigenvalue weighted by atomic mass is 10.0. The predicted molar refractivity (Wildman–Crippen MR) is 71.3 cm³/mol. The minimum absolute atomic E-state index is 0.342. The fourth-order valence-corrected chi connectivity index (χ4v) is 3.70. The van der Waals surface area contributed by atoms with Gasteiger partial charge in [-0.25, -0.2) is 0 Å². The SMILES string of the molecule is CC1CC(COCc2ccccc2)CC[S+]1[O-]. The average Bonchev–Trinajstić information content (AvgIpc) is 2.35. The summed E-state index contributed by atoms with van der Waals surface area (Å²) in [6, 6.07) is 10.2. The van der Waals surface area contributed by atoms with Crippen LogP contribution in [0.25, 0.3) is 0 Å². The Balaban J connectivity index is 1.69. The number of hydrogen-bond acceptors (Lipinski definition) is 2. The molecule has 3 heteroatoms. The van der Waals surface area contributed by atoms with Gasteiger partial charge in [0.15, 0.2) is 0 Å². The van der Waals surface area contributed by atoms with Crippen LogP contribution in [-0.4, -0.2) is 22.2 Å². The zero-order valence-electron chi connectivity index (χ0n) is 10.3. The zero-order valence-corrected chi connectivity index (χ0v) is 11.1. The Kier molecular flexibility index (Phi) is 4.89. The summed E-state index contributed by atoms with van der Waals surface area (Å²) in [5, 5.41) is 0.342. The fraction of sp³-hybridized carbons (Fsp3) is 0.571. The molecular formula is C14H20O2S. The molecule has 0 spiro atoms. The summed E-state index contributed by atoms with van der Waals surface area (Å²) < 4.78 is 17.2. The molecule has 1 fully saturated rings. The van der Waals surface area contributed by atoms with Crippen molar-refractivity contribution < 1.29 is 9.29 Å². The lowest BCUT2D eigenvalue weighted by molar-refractivity contribution is 0.0815. The third-order valence-corrected chi connectivity index (χ3v) is 5.03. The maximum Gasteiger partial charge on any atom is 0.113 e. The molecule has 1 aromatic rings. The predicted octanol–water partition coefficient (Wildman–Crippen LogP) is 2.75. The van der Waals surface area contributed by atoms with Gasteiger partial charge in [-0.15, -0.1) is 0 Å². The van der Waals surface area contributed by atoms with Crippen molar-refractivity contribution in [1.29, 1.82) is 0 Å². The summed E-state index contributed by atoms with van der Waals surface area (Å²) in [5.41, 5.74) is 1.22. The second-order valence-corrected chi connectivity index (χ2v) is 6.76. The van der Waals surface area contributed by atoms with Crippen LogP contribution in [0.2, 0.25) is 0 Å². The van der Waals surface area contributed by atoms with Gasteiger partial charge < -0.3 is 9.29 Å². The molecule has 1 aliphatic heterocycles. The van der Waals surface area contributed by atoms with E-state index in [2.05, 4.69) is 19.1 Å². The van der Waals surface area contributed by atoms with E-state index in [1.807, 2.05) is 18.2 Å². The Morgan fingerprint density at radius 2 is 2.12 bits per heavy atom. The van der Waals surface area contributed by atoms with E-state index in [0.717, 1.165) is 25.2 Å². The van der Waals surface area contributed by atoms with Crippen LogP contribution in [-0.2, 0) is 22.5 Å². The molecule has 3 unspecified atom stereocenters. The van der Waals surface area contributed by atoms with Crippen molar-refractivity contribution >= 4 is 11.2 Å². The monoisotopic (exact) mass is 252 g/mol. The minimum atomic E-state index is -0.603. The molecule has 2 nitrogen and oxygen atoms in total. The first-order valence-electron chi connectivity index (χ1n) is 6.24. The summed E-state index contributed by atoms with van der Waals surface area (Å²) in [4.78, 5) is 0. The van der Waals surface area contributed by atoms with E-state index in [-0.39, 0.29) is 0 Å². The molecule has 0 amide bonds. The molecule has 0 saturated carbocycles. The van der Waals surface area contributed by atoms with E-state index in [1.165, 1.54) is 5.56 Å². The van der Waals surface area contributed by atoms with Gasteiger partial charge in [0.1, 0.15) is 11.0 Å². The maximum absolute atomic E-state index is 11.5. The van der Waals surface area contributed by atoms with Crippen LogP contribution < -0.4 is 0 Å². The van der Waals surface area contributed by atoms with Gasteiger partial charge in [0.2, 0.25) is 0 Å². The molecule has 1 heterocycles. The number of rotatable bonds is 4. The van der Waals surface area contributed by atoms with Crippen LogP contribution in [0.4, 0.5) is 0 Å². The molecule has 3 atom stereocenters. The quantitative estimate of drug-likeness (QED) is 0.772. The van der Waals surface area contributed by atoms with Crippen LogP contribution in [0, 0.1) is 5.92 Å². The molecule has 0 aromatic heterocycles.